The van der Waals surface area contributed by atoms with E-state index in [1.807, 2.05) is 0 Å². The van der Waals surface area contributed by atoms with Crippen LogP contribution in [-0.2, 0) is 23.9 Å². The molecule has 3 saturated heterocycles. The fourth-order valence-electron chi connectivity index (χ4n) is 3.04. The minimum atomic E-state index is -0.869. The highest BCUT2D eigenvalue weighted by atomic mass is 32.2. The summed E-state index contributed by atoms with van der Waals surface area (Å²) in [6, 6.07) is -0.920. The maximum Gasteiger partial charge on any atom is 0.294 e. The SMILES string of the molecule is CC(=O)N1CSC[C@H]1C(=O)N[C@H]1CO[C@H]2[C@@H]1OC[C@@H]2O[N+](=O)[O-]. The molecule has 128 valence electrons. The zero-order chi connectivity index (χ0) is 16.6. The van der Waals surface area contributed by atoms with Crippen molar-refractivity contribution in [2.24, 2.45) is 0 Å². The van der Waals surface area contributed by atoms with E-state index >= 15 is 0 Å². The quantitative estimate of drug-likeness (QED) is 0.496. The van der Waals surface area contributed by atoms with E-state index in [0.29, 0.717) is 11.6 Å². The first-order valence-electron chi connectivity index (χ1n) is 7.17. The van der Waals surface area contributed by atoms with Crippen LogP contribution in [0.1, 0.15) is 6.92 Å². The number of carbonyl (C=O) groups excluding carboxylic acids is 2. The highest BCUT2D eigenvalue weighted by Gasteiger charge is 2.50. The van der Waals surface area contributed by atoms with Crippen molar-refractivity contribution < 1.29 is 29.0 Å². The van der Waals surface area contributed by atoms with Gasteiger partial charge in [0.15, 0.2) is 6.10 Å². The van der Waals surface area contributed by atoms with Gasteiger partial charge in [0, 0.05) is 12.7 Å². The van der Waals surface area contributed by atoms with E-state index in [1.165, 1.54) is 23.6 Å². The molecule has 1 N–H and O–H groups in total. The first-order valence-corrected chi connectivity index (χ1v) is 8.32. The molecule has 5 atom stereocenters. The lowest BCUT2D eigenvalue weighted by molar-refractivity contribution is -0.769. The van der Waals surface area contributed by atoms with Gasteiger partial charge in [0.1, 0.15) is 18.2 Å². The van der Waals surface area contributed by atoms with Gasteiger partial charge in [-0.05, 0) is 0 Å². The molecule has 0 radical (unpaired) electrons. The Morgan fingerprint density at radius 1 is 1.35 bits per heavy atom. The summed E-state index contributed by atoms with van der Waals surface area (Å²) in [5.74, 6) is 0.630. The van der Waals surface area contributed by atoms with Gasteiger partial charge in [-0.25, -0.2) is 0 Å². The normalized spacial score (nSPS) is 35.9. The maximum absolute atomic E-state index is 12.4. The molecule has 3 aliphatic rings. The fraction of sp³-hybridized carbons (Fsp3) is 0.833. The largest absolute Gasteiger partial charge is 0.371 e. The Morgan fingerprint density at radius 2 is 2.09 bits per heavy atom. The Bertz CT molecular complexity index is 519. The average molecular weight is 347 g/mol. The fourth-order valence-corrected chi connectivity index (χ4v) is 4.26. The van der Waals surface area contributed by atoms with E-state index in [-0.39, 0.29) is 25.0 Å². The second kappa shape index (κ2) is 6.49. The minimum Gasteiger partial charge on any atom is -0.371 e. The molecule has 0 aliphatic carbocycles. The number of hydrogen-bond acceptors (Lipinski definition) is 8. The Morgan fingerprint density at radius 3 is 2.78 bits per heavy atom. The molecule has 3 aliphatic heterocycles. The molecule has 0 bridgehead atoms. The Kier molecular flexibility index (Phi) is 4.60. The van der Waals surface area contributed by atoms with Crippen molar-refractivity contribution in [2.75, 3.05) is 24.8 Å². The van der Waals surface area contributed by atoms with Gasteiger partial charge in [-0.15, -0.1) is 21.9 Å². The Labute approximate surface area is 135 Å². The van der Waals surface area contributed by atoms with Gasteiger partial charge in [-0.1, -0.05) is 0 Å². The van der Waals surface area contributed by atoms with Gasteiger partial charge in [-0.2, -0.15) is 0 Å². The number of nitrogens with zero attached hydrogens (tertiary/aromatic N) is 2. The van der Waals surface area contributed by atoms with Crippen LogP contribution < -0.4 is 5.32 Å². The average Bonchev–Trinajstić information content (AvgIpc) is 3.17. The van der Waals surface area contributed by atoms with Crippen molar-refractivity contribution in [3.63, 3.8) is 0 Å². The molecule has 3 heterocycles. The molecule has 0 unspecified atom stereocenters. The molecule has 0 saturated carbocycles. The van der Waals surface area contributed by atoms with Crippen LogP contribution in [0.15, 0.2) is 0 Å². The molecule has 3 fully saturated rings. The summed E-state index contributed by atoms with van der Waals surface area (Å²) >= 11 is 1.52. The second-order valence-corrected chi connectivity index (χ2v) is 6.58. The zero-order valence-electron chi connectivity index (χ0n) is 12.4. The van der Waals surface area contributed by atoms with Gasteiger partial charge in [0.25, 0.3) is 5.09 Å². The predicted octanol–water partition coefficient (Wildman–Crippen LogP) is -1.23. The molecule has 23 heavy (non-hydrogen) atoms. The van der Waals surface area contributed by atoms with Crippen LogP contribution in [0, 0.1) is 10.1 Å². The molecular weight excluding hydrogens is 330 g/mol. The van der Waals surface area contributed by atoms with Crippen molar-refractivity contribution in [2.45, 2.75) is 37.3 Å². The van der Waals surface area contributed by atoms with E-state index < -0.39 is 35.5 Å². The van der Waals surface area contributed by atoms with Crippen LogP contribution in [0.2, 0.25) is 0 Å². The number of thioether (sulfide) groups is 1. The Hall–Kier alpha value is -1.59. The van der Waals surface area contributed by atoms with Crippen molar-refractivity contribution in [3.05, 3.63) is 10.1 Å². The number of ether oxygens (including phenoxy) is 2. The number of nitrogens with one attached hydrogen (secondary N) is 1. The van der Waals surface area contributed by atoms with Gasteiger partial charge in [0.2, 0.25) is 11.8 Å². The van der Waals surface area contributed by atoms with Crippen LogP contribution in [0.3, 0.4) is 0 Å². The van der Waals surface area contributed by atoms with Crippen LogP contribution in [-0.4, -0.2) is 77.0 Å². The molecule has 0 aromatic heterocycles. The van der Waals surface area contributed by atoms with E-state index in [9.17, 15) is 19.7 Å². The molecule has 10 nitrogen and oxygen atoms in total. The van der Waals surface area contributed by atoms with Crippen LogP contribution in [0.5, 0.6) is 0 Å². The highest BCUT2D eigenvalue weighted by molar-refractivity contribution is 7.99. The van der Waals surface area contributed by atoms with Crippen molar-refractivity contribution in [3.8, 4) is 0 Å². The number of carbonyl (C=O) groups is 2. The zero-order valence-corrected chi connectivity index (χ0v) is 13.2. The summed E-state index contributed by atoms with van der Waals surface area (Å²) in [6.45, 7) is 1.67. The van der Waals surface area contributed by atoms with Crippen LogP contribution in [0.4, 0.5) is 0 Å². The van der Waals surface area contributed by atoms with Gasteiger partial charge in [-0.3, -0.25) is 9.59 Å². The Balaban J connectivity index is 1.58. The topological polar surface area (TPSA) is 120 Å². The first kappa shape index (κ1) is 16.3. The molecule has 3 rings (SSSR count). The second-order valence-electron chi connectivity index (χ2n) is 5.58. The number of fused-ring (bicyclic) bond motifs is 1. The van der Waals surface area contributed by atoms with Gasteiger partial charge in [0.05, 0.1) is 25.1 Å². The summed E-state index contributed by atoms with van der Waals surface area (Å²) in [4.78, 5) is 40.4. The van der Waals surface area contributed by atoms with E-state index in [2.05, 4.69) is 10.2 Å². The summed E-state index contributed by atoms with van der Waals surface area (Å²) in [6.07, 6.45) is -1.84. The van der Waals surface area contributed by atoms with Gasteiger partial charge < -0.3 is 24.5 Å². The third-order valence-electron chi connectivity index (χ3n) is 4.15. The smallest absolute Gasteiger partial charge is 0.294 e. The van der Waals surface area contributed by atoms with E-state index in [0.717, 1.165) is 0 Å². The number of rotatable bonds is 4. The van der Waals surface area contributed by atoms with Crippen molar-refractivity contribution >= 4 is 23.6 Å². The van der Waals surface area contributed by atoms with Crippen LogP contribution in [0.25, 0.3) is 0 Å². The predicted molar refractivity (Wildman–Crippen MR) is 76.9 cm³/mol. The van der Waals surface area contributed by atoms with Crippen molar-refractivity contribution in [1.82, 2.24) is 10.2 Å². The summed E-state index contributed by atoms with van der Waals surface area (Å²) in [7, 11) is 0. The summed E-state index contributed by atoms with van der Waals surface area (Å²) in [5.41, 5.74) is 0. The molecule has 0 aromatic carbocycles. The highest BCUT2D eigenvalue weighted by Crippen LogP contribution is 2.29. The molecule has 0 aromatic rings. The monoisotopic (exact) mass is 347 g/mol. The third-order valence-corrected chi connectivity index (χ3v) is 5.16. The van der Waals surface area contributed by atoms with E-state index in [4.69, 9.17) is 9.47 Å². The van der Waals surface area contributed by atoms with E-state index in [1.54, 1.807) is 0 Å². The third kappa shape index (κ3) is 3.21. The number of amides is 2. The van der Waals surface area contributed by atoms with Crippen molar-refractivity contribution in [1.29, 1.82) is 0 Å². The lowest BCUT2D eigenvalue weighted by Gasteiger charge is -2.24. The lowest BCUT2D eigenvalue weighted by atomic mass is 10.1. The molecule has 2 amide bonds. The lowest BCUT2D eigenvalue weighted by Crippen LogP contribution is -2.52. The molecule has 11 heteroatoms. The molecule has 0 spiro atoms. The molecular formula is C12H17N3O7S. The standard InChI is InChI=1S/C12H17N3O7S/c1-6(16)14-5-23-4-8(14)12(17)13-7-2-20-11-9(22-15(18)19)3-21-10(7)11/h7-11H,2-5H2,1H3,(H,13,17)/t7-,8-,9-,10+,11+/m0/s1. The maximum atomic E-state index is 12.4. The van der Waals surface area contributed by atoms with Gasteiger partial charge >= 0.3 is 0 Å². The summed E-state index contributed by atoms with van der Waals surface area (Å²) in [5, 5.41) is 12.4. The first-order chi connectivity index (χ1) is 11.0. The minimum absolute atomic E-state index is 0.0432. The van der Waals surface area contributed by atoms with Crippen LogP contribution >= 0.6 is 11.8 Å². The number of hydrogen-bond donors (Lipinski definition) is 1. The summed E-state index contributed by atoms with van der Waals surface area (Å²) < 4.78 is 11.0.